The molecular weight excluding hydrogens is 256 g/mol. The summed E-state index contributed by atoms with van der Waals surface area (Å²) in [7, 11) is 0. The molecule has 0 bridgehead atoms. The van der Waals surface area contributed by atoms with Gasteiger partial charge in [-0.15, -0.1) is 0 Å². The number of nitrogens with zero attached hydrogens (tertiary/aromatic N) is 1. The fourth-order valence-electron chi connectivity index (χ4n) is 2.91. The van der Waals surface area contributed by atoms with Gasteiger partial charge in [0, 0.05) is 23.8 Å². The van der Waals surface area contributed by atoms with Gasteiger partial charge in [0.25, 0.3) is 0 Å². The number of hydrogen-bond acceptors (Lipinski definition) is 2. The summed E-state index contributed by atoms with van der Waals surface area (Å²) in [5.74, 6) is 5.95. The fraction of sp³-hybridized carbons (Fsp3) is 0.263. The average Bonchev–Trinajstić information content (AvgIpc) is 2.83. The first kappa shape index (κ1) is 13.7. The Morgan fingerprint density at radius 1 is 1.14 bits per heavy atom. The molecule has 0 aliphatic carbocycles. The SMILES string of the molecule is CC1Cc2ccccc2N1Cc1ccc(C#CCN)cc1. The highest BCUT2D eigenvalue weighted by Crippen LogP contribution is 2.32. The zero-order valence-electron chi connectivity index (χ0n) is 12.3. The highest BCUT2D eigenvalue weighted by molar-refractivity contribution is 5.59. The number of anilines is 1. The van der Waals surface area contributed by atoms with Crippen molar-refractivity contribution in [1.82, 2.24) is 0 Å². The van der Waals surface area contributed by atoms with Crippen LogP contribution in [-0.2, 0) is 13.0 Å². The Kier molecular flexibility index (Phi) is 3.94. The van der Waals surface area contributed by atoms with Gasteiger partial charge in [-0.2, -0.15) is 0 Å². The van der Waals surface area contributed by atoms with E-state index in [0.29, 0.717) is 12.6 Å². The molecular formula is C19H20N2. The van der Waals surface area contributed by atoms with Crippen LogP contribution in [0.1, 0.15) is 23.6 Å². The minimum atomic E-state index is 0.407. The molecule has 3 rings (SSSR count). The molecule has 0 fully saturated rings. The average molecular weight is 276 g/mol. The number of fused-ring (bicyclic) bond motifs is 1. The van der Waals surface area contributed by atoms with Crippen molar-refractivity contribution >= 4 is 5.69 Å². The Labute approximate surface area is 126 Å². The van der Waals surface area contributed by atoms with Crippen molar-refractivity contribution in [3.8, 4) is 11.8 Å². The maximum absolute atomic E-state index is 5.40. The summed E-state index contributed by atoms with van der Waals surface area (Å²) < 4.78 is 0. The first-order valence-electron chi connectivity index (χ1n) is 7.40. The second-order valence-electron chi connectivity index (χ2n) is 5.51. The molecule has 1 aliphatic rings. The zero-order valence-corrected chi connectivity index (χ0v) is 12.3. The monoisotopic (exact) mass is 276 g/mol. The van der Waals surface area contributed by atoms with Crippen LogP contribution >= 0.6 is 0 Å². The van der Waals surface area contributed by atoms with Crippen LogP contribution in [0, 0.1) is 11.8 Å². The van der Waals surface area contributed by atoms with Crippen molar-refractivity contribution in [1.29, 1.82) is 0 Å². The van der Waals surface area contributed by atoms with Crippen molar-refractivity contribution in [2.24, 2.45) is 5.73 Å². The third-order valence-electron chi connectivity index (χ3n) is 3.99. The molecule has 0 radical (unpaired) electrons. The summed E-state index contributed by atoms with van der Waals surface area (Å²) in [5.41, 5.74) is 10.6. The number of benzene rings is 2. The van der Waals surface area contributed by atoms with E-state index in [1.165, 1.54) is 16.8 Å². The molecule has 2 heteroatoms. The Hall–Kier alpha value is -2.24. The molecule has 0 aromatic heterocycles. The summed E-state index contributed by atoms with van der Waals surface area (Å²) in [5, 5.41) is 0. The third kappa shape index (κ3) is 2.94. The summed E-state index contributed by atoms with van der Waals surface area (Å²) in [4.78, 5) is 2.48. The van der Waals surface area contributed by atoms with Crippen molar-refractivity contribution in [2.75, 3.05) is 11.4 Å². The maximum Gasteiger partial charge on any atom is 0.0555 e. The predicted octanol–water partition coefficient (Wildman–Crippen LogP) is 2.95. The molecule has 21 heavy (non-hydrogen) atoms. The first-order chi connectivity index (χ1) is 10.3. The van der Waals surface area contributed by atoms with Crippen LogP contribution in [0.25, 0.3) is 0 Å². The van der Waals surface area contributed by atoms with Gasteiger partial charge in [0.1, 0.15) is 0 Å². The maximum atomic E-state index is 5.40. The van der Waals surface area contributed by atoms with Gasteiger partial charge < -0.3 is 10.6 Å². The highest BCUT2D eigenvalue weighted by atomic mass is 15.2. The molecule has 1 aliphatic heterocycles. The van der Waals surface area contributed by atoms with E-state index in [2.05, 4.69) is 72.2 Å². The van der Waals surface area contributed by atoms with E-state index in [0.717, 1.165) is 18.5 Å². The Balaban J connectivity index is 1.78. The predicted molar refractivity (Wildman–Crippen MR) is 88.2 cm³/mol. The largest absolute Gasteiger partial charge is 0.364 e. The zero-order chi connectivity index (χ0) is 14.7. The molecule has 2 N–H and O–H groups in total. The number of nitrogens with two attached hydrogens (primary N) is 1. The van der Waals surface area contributed by atoms with Crippen LogP contribution in [0.3, 0.4) is 0 Å². The fourth-order valence-corrected chi connectivity index (χ4v) is 2.91. The molecule has 1 heterocycles. The lowest BCUT2D eigenvalue weighted by atomic mass is 10.1. The standard InChI is InChI=1S/C19H20N2/c1-15-13-18-6-2-3-7-19(18)21(15)14-17-10-8-16(9-11-17)5-4-12-20/h2-3,6-11,15H,12-14,20H2,1H3. The molecule has 0 saturated carbocycles. The molecule has 2 nitrogen and oxygen atoms in total. The molecule has 0 amide bonds. The van der Waals surface area contributed by atoms with Gasteiger partial charge in [-0.1, -0.05) is 42.2 Å². The van der Waals surface area contributed by atoms with E-state index in [1.807, 2.05) is 0 Å². The van der Waals surface area contributed by atoms with Crippen molar-refractivity contribution < 1.29 is 0 Å². The summed E-state index contributed by atoms with van der Waals surface area (Å²) in [6.07, 6.45) is 1.14. The van der Waals surface area contributed by atoms with E-state index in [-0.39, 0.29) is 0 Å². The lowest BCUT2D eigenvalue weighted by molar-refractivity contribution is 0.672. The first-order valence-corrected chi connectivity index (χ1v) is 7.40. The second kappa shape index (κ2) is 6.03. The summed E-state index contributed by atoms with van der Waals surface area (Å²) in [6.45, 7) is 3.65. The molecule has 2 aromatic carbocycles. The topological polar surface area (TPSA) is 29.3 Å². The Bertz CT molecular complexity index is 677. The van der Waals surface area contributed by atoms with Crippen LogP contribution < -0.4 is 10.6 Å². The molecule has 2 aromatic rings. The van der Waals surface area contributed by atoms with E-state index >= 15 is 0 Å². The van der Waals surface area contributed by atoms with Gasteiger partial charge >= 0.3 is 0 Å². The van der Waals surface area contributed by atoms with Crippen molar-refractivity contribution in [2.45, 2.75) is 25.9 Å². The van der Waals surface area contributed by atoms with E-state index in [1.54, 1.807) is 0 Å². The lowest BCUT2D eigenvalue weighted by Gasteiger charge is -2.25. The number of hydrogen-bond donors (Lipinski definition) is 1. The number of para-hydroxylation sites is 1. The van der Waals surface area contributed by atoms with Crippen LogP contribution in [0.15, 0.2) is 48.5 Å². The summed E-state index contributed by atoms with van der Waals surface area (Å²) in [6, 6.07) is 17.7. The van der Waals surface area contributed by atoms with Crippen LogP contribution in [0.4, 0.5) is 5.69 Å². The quantitative estimate of drug-likeness (QED) is 0.855. The molecule has 106 valence electrons. The van der Waals surface area contributed by atoms with Crippen LogP contribution in [-0.4, -0.2) is 12.6 Å². The van der Waals surface area contributed by atoms with Crippen molar-refractivity contribution in [3.05, 3.63) is 65.2 Å². The van der Waals surface area contributed by atoms with Crippen molar-refractivity contribution in [3.63, 3.8) is 0 Å². The molecule has 1 unspecified atom stereocenters. The van der Waals surface area contributed by atoms with Gasteiger partial charge in [-0.05, 0) is 42.7 Å². The van der Waals surface area contributed by atoms with E-state index in [9.17, 15) is 0 Å². The van der Waals surface area contributed by atoms with Gasteiger partial charge in [0.15, 0.2) is 0 Å². The second-order valence-corrected chi connectivity index (χ2v) is 5.51. The summed E-state index contributed by atoms with van der Waals surface area (Å²) >= 11 is 0. The Morgan fingerprint density at radius 2 is 1.90 bits per heavy atom. The Morgan fingerprint density at radius 3 is 2.67 bits per heavy atom. The van der Waals surface area contributed by atoms with Gasteiger partial charge in [0.05, 0.1) is 6.54 Å². The van der Waals surface area contributed by atoms with Gasteiger partial charge in [0.2, 0.25) is 0 Å². The highest BCUT2D eigenvalue weighted by Gasteiger charge is 2.25. The van der Waals surface area contributed by atoms with Crippen LogP contribution in [0.2, 0.25) is 0 Å². The number of rotatable bonds is 2. The normalized spacial score (nSPS) is 16.3. The molecule has 1 atom stereocenters. The van der Waals surface area contributed by atoms with Gasteiger partial charge in [-0.3, -0.25) is 0 Å². The molecule has 0 spiro atoms. The van der Waals surface area contributed by atoms with E-state index < -0.39 is 0 Å². The minimum Gasteiger partial charge on any atom is -0.364 e. The lowest BCUT2D eigenvalue weighted by Crippen LogP contribution is -2.28. The minimum absolute atomic E-state index is 0.407. The smallest absolute Gasteiger partial charge is 0.0555 e. The van der Waals surface area contributed by atoms with Gasteiger partial charge in [-0.25, -0.2) is 0 Å². The third-order valence-corrected chi connectivity index (χ3v) is 3.99. The van der Waals surface area contributed by atoms with E-state index in [4.69, 9.17) is 5.73 Å². The van der Waals surface area contributed by atoms with Crippen LogP contribution in [0.5, 0.6) is 0 Å². The molecule has 0 saturated heterocycles.